The van der Waals surface area contributed by atoms with Gasteiger partial charge in [0, 0.05) is 0 Å². The van der Waals surface area contributed by atoms with Gasteiger partial charge in [0.15, 0.2) is 6.61 Å². The number of amides is 1. The summed E-state index contributed by atoms with van der Waals surface area (Å²) in [6.07, 6.45) is 0. The molecule has 0 bridgehead atoms. The molecule has 4 heteroatoms. The zero-order valence-corrected chi connectivity index (χ0v) is 6.82. The molecule has 1 rings (SSSR count). The van der Waals surface area contributed by atoms with E-state index in [0.717, 1.165) is 0 Å². The summed E-state index contributed by atoms with van der Waals surface area (Å²) >= 11 is 0. The van der Waals surface area contributed by atoms with Crippen molar-refractivity contribution in [2.24, 2.45) is 5.73 Å². The van der Waals surface area contributed by atoms with Crippen LogP contribution in [0.2, 0.25) is 0 Å². The van der Waals surface area contributed by atoms with Gasteiger partial charge in [-0.05, 0) is 12.1 Å². The number of benzene rings is 1. The fourth-order valence-corrected chi connectivity index (χ4v) is 0.735. The lowest BCUT2D eigenvalue weighted by Gasteiger charge is -2.00. The molecule has 4 nitrogen and oxygen atoms in total. The lowest BCUT2D eigenvalue weighted by atomic mass is 10.2. The van der Waals surface area contributed by atoms with Crippen LogP contribution in [-0.2, 0) is 9.53 Å². The summed E-state index contributed by atoms with van der Waals surface area (Å²) in [5, 5.41) is 0. The normalized spacial score (nSPS) is 9.23. The van der Waals surface area contributed by atoms with E-state index in [1.54, 1.807) is 24.3 Å². The number of rotatable bonds is 3. The highest BCUT2D eigenvalue weighted by atomic mass is 16.5. The summed E-state index contributed by atoms with van der Waals surface area (Å²) in [6, 6.07) is 9.20. The Bertz CT molecular complexity index is 308. The maximum atomic E-state index is 11.1. The zero-order chi connectivity index (χ0) is 9.68. The second kappa shape index (κ2) is 4.25. The summed E-state index contributed by atoms with van der Waals surface area (Å²) < 4.78 is 4.54. The van der Waals surface area contributed by atoms with Gasteiger partial charge < -0.3 is 10.5 Å². The highest BCUT2D eigenvalue weighted by molar-refractivity contribution is 5.90. The van der Waals surface area contributed by atoms with Crippen molar-refractivity contribution < 1.29 is 14.3 Å². The molecule has 1 aromatic rings. The van der Waals surface area contributed by atoms with Crippen LogP contribution >= 0.6 is 0 Å². The topological polar surface area (TPSA) is 69.4 Å². The smallest absolute Gasteiger partial charge is 0.339 e. The third-order valence-electron chi connectivity index (χ3n) is 1.27. The lowest BCUT2D eigenvalue weighted by Crippen LogP contribution is -2.20. The number of primary amides is 1. The Morgan fingerprint density at radius 2 is 2.23 bits per heavy atom. The summed E-state index contributed by atoms with van der Waals surface area (Å²) in [5.74, 6) is -1.27. The standard InChI is InChI=1S/C9H8NO3/c10-8(11)6-13-9(12)7-4-2-1-3-5-7/h1-4H,6H2,(H2,10,11). The van der Waals surface area contributed by atoms with Crippen LogP contribution in [0.25, 0.3) is 0 Å². The van der Waals surface area contributed by atoms with E-state index < -0.39 is 18.5 Å². The molecule has 0 aliphatic carbocycles. The van der Waals surface area contributed by atoms with E-state index in [1.165, 1.54) is 0 Å². The first-order valence-corrected chi connectivity index (χ1v) is 3.62. The van der Waals surface area contributed by atoms with Crippen LogP contribution in [0.4, 0.5) is 0 Å². The van der Waals surface area contributed by atoms with Gasteiger partial charge >= 0.3 is 5.97 Å². The Hall–Kier alpha value is -1.84. The average Bonchev–Trinajstić information content (AvgIpc) is 2.15. The fraction of sp³-hybridized carbons (Fsp3) is 0.111. The highest BCUT2D eigenvalue weighted by Crippen LogP contribution is 1.99. The molecule has 0 unspecified atom stereocenters. The van der Waals surface area contributed by atoms with Crippen LogP contribution < -0.4 is 5.73 Å². The maximum Gasteiger partial charge on any atom is 0.339 e. The summed E-state index contributed by atoms with van der Waals surface area (Å²) in [4.78, 5) is 21.4. The zero-order valence-electron chi connectivity index (χ0n) is 6.82. The van der Waals surface area contributed by atoms with Crippen molar-refractivity contribution in [3.8, 4) is 0 Å². The first-order valence-electron chi connectivity index (χ1n) is 3.62. The highest BCUT2D eigenvalue weighted by Gasteiger charge is 2.06. The number of carbonyl (C=O) groups excluding carboxylic acids is 2. The molecule has 67 valence electrons. The molecule has 0 spiro atoms. The van der Waals surface area contributed by atoms with Crippen molar-refractivity contribution in [1.29, 1.82) is 0 Å². The van der Waals surface area contributed by atoms with Gasteiger partial charge in [0.25, 0.3) is 5.91 Å². The molecule has 0 aliphatic heterocycles. The number of hydrogen-bond donors (Lipinski definition) is 1. The molecule has 0 saturated carbocycles. The molecule has 0 saturated heterocycles. The van der Waals surface area contributed by atoms with Gasteiger partial charge in [0.05, 0.1) is 5.56 Å². The largest absolute Gasteiger partial charge is 0.452 e. The molecule has 0 fully saturated rings. The van der Waals surface area contributed by atoms with Crippen molar-refractivity contribution >= 4 is 11.9 Å². The predicted octanol–water partition coefficient (Wildman–Crippen LogP) is 0.129. The van der Waals surface area contributed by atoms with Crippen molar-refractivity contribution in [3.63, 3.8) is 0 Å². The van der Waals surface area contributed by atoms with Gasteiger partial charge in [-0.25, -0.2) is 4.79 Å². The SMILES string of the molecule is NC(=O)COC(=O)c1[c]cccc1. The summed E-state index contributed by atoms with van der Waals surface area (Å²) in [5.41, 5.74) is 5.07. The lowest BCUT2D eigenvalue weighted by molar-refractivity contribution is -0.121. The van der Waals surface area contributed by atoms with E-state index in [0.29, 0.717) is 0 Å². The molecule has 1 amide bonds. The monoisotopic (exact) mass is 178 g/mol. The Labute approximate surface area is 75.3 Å². The van der Waals surface area contributed by atoms with E-state index in [2.05, 4.69) is 10.8 Å². The van der Waals surface area contributed by atoms with Gasteiger partial charge in [0.2, 0.25) is 0 Å². The molecule has 2 N–H and O–H groups in total. The van der Waals surface area contributed by atoms with Crippen LogP contribution in [0.5, 0.6) is 0 Å². The van der Waals surface area contributed by atoms with Crippen LogP contribution in [-0.4, -0.2) is 18.5 Å². The summed E-state index contributed by atoms with van der Waals surface area (Å²) in [6.45, 7) is -0.401. The Morgan fingerprint density at radius 1 is 1.46 bits per heavy atom. The summed E-state index contributed by atoms with van der Waals surface area (Å²) in [7, 11) is 0. The number of esters is 1. The van der Waals surface area contributed by atoms with Crippen LogP contribution in [0.1, 0.15) is 10.4 Å². The minimum atomic E-state index is -0.677. The molecule has 0 aromatic heterocycles. The maximum absolute atomic E-state index is 11.1. The van der Waals surface area contributed by atoms with Crippen LogP contribution in [0, 0.1) is 6.07 Å². The first-order chi connectivity index (χ1) is 6.20. The molecule has 1 aromatic carbocycles. The number of ether oxygens (including phenoxy) is 1. The van der Waals surface area contributed by atoms with Crippen LogP contribution in [0.3, 0.4) is 0 Å². The molecular weight excluding hydrogens is 170 g/mol. The van der Waals surface area contributed by atoms with E-state index >= 15 is 0 Å². The van der Waals surface area contributed by atoms with E-state index in [1.807, 2.05) is 0 Å². The second-order valence-electron chi connectivity index (χ2n) is 2.32. The van der Waals surface area contributed by atoms with E-state index in [-0.39, 0.29) is 5.56 Å². The average molecular weight is 178 g/mol. The quantitative estimate of drug-likeness (QED) is 0.669. The van der Waals surface area contributed by atoms with Gasteiger partial charge in [0.1, 0.15) is 0 Å². The first kappa shape index (κ1) is 9.25. The van der Waals surface area contributed by atoms with Gasteiger partial charge in [-0.1, -0.05) is 18.2 Å². The van der Waals surface area contributed by atoms with Gasteiger partial charge in [-0.2, -0.15) is 0 Å². The van der Waals surface area contributed by atoms with E-state index in [4.69, 9.17) is 5.73 Å². The van der Waals surface area contributed by atoms with Crippen LogP contribution in [0.15, 0.2) is 24.3 Å². The Balaban J connectivity index is 2.54. The Kier molecular flexibility index (Phi) is 3.03. The van der Waals surface area contributed by atoms with Gasteiger partial charge in [-0.15, -0.1) is 0 Å². The molecule has 13 heavy (non-hydrogen) atoms. The Morgan fingerprint density at radius 3 is 2.77 bits per heavy atom. The fourth-order valence-electron chi connectivity index (χ4n) is 0.735. The number of hydrogen-bond acceptors (Lipinski definition) is 3. The van der Waals surface area contributed by atoms with Crippen molar-refractivity contribution in [2.45, 2.75) is 0 Å². The van der Waals surface area contributed by atoms with E-state index in [9.17, 15) is 9.59 Å². The van der Waals surface area contributed by atoms with Crippen molar-refractivity contribution in [3.05, 3.63) is 35.9 Å². The number of nitrogens with two attached hydrogens (primary N) is 1. The minimum absolute atomic E-state index is 0.281. The third kappa shape index (κ3) is 2.94. The second-order valence-corrected chi connectivity index (χ2v) is 2.32. The third-order valence-corrected chi connectivity index (χ3v) is 1.27. The molecule has 0 aliphatic rings. The molecule has 1 radical (unpaired) electrons. The van der Waals surface area contributed by atoms with Crippen molar-refractivity contribution in [2.75, 3.05) is 6.61 Å². The molecule has 0 atom stereocenters. The molecule has 0 heterocycles. The van der Waals surface area contributed by atoms with Crippen molar-refractivity contribution in [1.82, 2.24) is 0 Å². The van der Waals surface area contributed by atoms with Gasteiger partial charge in [-0.3, -0.25) is 4.79 Å². The number of carbonyl (C=O) groups is 2. The molecular formula is C9H8NO3. The minimum Gasteiger partial charge on any atom is -0.452 e. The predicted molar refractivity (Wildman–Crippen MR) is 44.8 cm³/mol.